The predicted molar refractivity (Wildman–Crippen MR) is 69.7 cm³/mol. The third kappa shape index (κ3) is 4.68. The zero-order valence-corrected chi connectivity index (χ0v) is 11.3. The van der Waals surface area contributed by atoms with Crippen molar-refractivity contribution in [1.29, 1.82) is 0 Å². The molecule has 0 aromatic heterocycles. The summed E-state index contributed by atoms with van der Waals surface area (Å²) in [7, 11) is -3.77. The van der Waals surface area contributed by atoms with Gasteiger partial charge in [0.15, 0.2) is 0 Å². The second-order valence-corrected chi connectivity index (χ2v) is 5.71. The molecule has 0 saturated heterocycles. The predicted octanol–water partition coefficient (Wildman–Crippen LogP) is -0.203. The van der Waals surface area contributed by atoms with Crippen LogP contribution in [-0.2, 0) is 19.6 Å². The largest absolute Gasteiger partial charge is 0.346 e. The first-order valence-corrected chi connectivity index (χ1v) is 6.99. The molecule has 19 heavy (non-hydrogen) atoms. The molecule has 2 amide bonds. The molecule has 0 aliphatic carbocycles. The maximum Gasteiger partial charge on any atom is 0.313 e. The van der Waals surface area contributed by atoms with Crippen molar-refractivity contribution in [2.75, 3.05) is 5.32 Å². The summed E-state index contributed by atoms with van der Waals surface area (Å²) in [5.74, 6) is -1.58. The lowest BCUT2D eigenvalue weighted by atomic mass is 10.3. The zero-order chi connectivity index (χ0) is 14.6. The molecule has 0 unspecified atom stereocenters. The van der Waals surface area contributed by atoms with Crippen molar-refractivity contribution < 1.29 is 18.0 Å². The molecule has 0 fully saturated rings. The van der Waals surface area contributed by atoms with E-state index < -0.39 is 21.8 Å². The van der Waals surface area contributed by atoms with Crippen LogP contribution in [0.3, 0.4) is 0 Å². The van der Waals surface area contributed by atoms with E-state index in [0.717, 1.165) is 0 Å². The molecular weight excluding hydrogens is 270 g/mol. The smallest absolute Gasteiger partial charge is 0.313 e. The average molecular weight is 285 g/mol. The Bertz CT molecular complexity index is 578. The third-order valence-electron chi connectivity index (χ3n) is 2.07. The van der Waals surface area contributed by atoms with Gasteiger partial charge in [0.2, 0.25) is 10.0 Å². The van der Waals surface area contributed by atoms with Crippen molar-refractivity contribution in [1.82, 2.24) is 5.32 Å². The molecule has 0 heterocycles. The number of carbonyl (C=O) groups excluding carboxylic acids is 2. The van der Waals surface area contributed by atoms with Crippen molar-refractivity contribution in [2.24, 2.45) is 5.14 Å². The molecule has 0 atom stereocenters. The lowest BCUT2D eigenvalue weighted by Gasteiger charge is -2.08. The Balaban J connectivity index is 2.74. The highest BCUT2D eigenvalue weighted by Crippen LogP contribution is 2.12. The molecule has 0 aliphatic rings. The van der Waals surface area contributed by atoms with E-state index in [1.54, 1.807) is 13.8 Å². The third-order valence-corrected chi connectivity index (χ3v) is 3.00. The Morgan fingerprint density at radius 3 is 2.05 bits per heavy atom. The fraction of sp³-hybridized carbons (Fsp3) is 0.273. The van der Waals surface area contributed by atoms with Crippen LogP contribution < -0.4 is 15.8 Å². The van der Waals surface area contributed by atoms with Gasteiger partial charge in [0.25, 0.3) is 0 Å². The normalized spacial score (nSPS) is 11.2. The summed E-state index contributed by atoms with van der Waals surface area (Å²) in [6.07, 6.45) is 0. The van der Waals surface area contributed by atoms with Crippen LogP contribution in [0.2, 0.25) is 0 Å². The van der Waals surface area contributed by atoms with Crippen LogP contribution >= 0.6 is 0 Å². The molecule has 104 valence electrons. The Hall–Kier alpha value is -1.93. The SMILES string of the molecule is CC(C)NC(=O)C(=O)Nc1ccc(S(N)(=O)=O)cc1. The number of hydrogen-bond donors (Lipinski definition) is 3. The van der Waals surface area contributed by atoms with E-state index in [0.29, 0.717) is 5.69 Å². The number of rotatable bonds is 3. The Kier molecular flexibility index (Phi) is 4.62. The van der Waals surface area contributed by atoms with Gasteiger partial charge < -0.3 is 10.6 Å². The van der Waals surface area contributed by atoms with Gasteiger partial charge in [-0.25, -0.2) is 13.6 Å². The van der Waals surface area contributed by atoms with Crippen molar-refractivity contribution >= 4 is 27.5 Å². The van der Waals surface area contributed by atoms with Gasteiger partial charge in [-0.3, -0.25) is 9.59 Å². The molecule has 0 radical (unpaired) electrons. The summed E-state index contributed by atoms with van der Waals surface area (Å²) < 4.78 is 22.0. The van der Waals surface area contributed by atoms with E-state index in [9.17, 15) is 18.0 Å². The molecule has 0 spiro atoms. The van der Waals surface area contributed by atoms with Gasteiger partial charge in [-0.15, -0.1) is 0 Å². The minimum atomic E-state index is -3.77. The molecular formula is C11H15N3O4S. The van der Waals surface area contributed by atoms with Crippen molar-refractivity contribution in [3.8, 4) is 0 Å². The van der Waals surface area contributed by atoms with Crippen molar-refractivity contribution in [3.05, 3.63) is 24.3 Å². The van der Waals surface area contributed by atoms with E-state index in [1.807, 2.05) is 0 Å². The number of anilines is 1. The highest BCUT2D eigenvalue weighted by molar-refractivity contribution is 7.89. The standard InChI is InChI=1S/C11H15N3O4S/c1-7(2)13-10(15)11(16)14-8-3-5-9(6-4-8)19(12,17)18/h3-7H,1-2H3,(H,13,15)(H,14,16)(H2,12,17,18). The van der Waals surface area contributed by atoms with E-state index in [4.69, 9.17) is 5.14 Å². The van der Waals surface area contributed by atoms with E-state index >= 15 is 0 Å². The summed E-state index contributed by atoms with van der Waals surface area (Å²) in [6.45, 7) is 3.46. The van der Waals surface area contributed by atoms with Crippen molar-refractivity contribution in [2.45, 2.75) is 24.8 Å². The quantitative estimate of drug-likeness (QED) is 0.666. The van der Waals surface area contributed by atoms with Gasteiger partial charge in [-0.05, 0) is 38.1 Å². The molecule has 0 saturated carbocycles. The molecule has 0 bridgehead atoms. The van der Waals surface area contributed by atoms with E-state index in [1.165, 1.54) is 24.3 Å². The fourth-order valence-electron chi connectivity index (χ4n) is 1.24. The summed E-state index contributed by atoms with van der Waals surface area (Å²) >= 11 is 0. The number of carbonyl (C=O) groups is 2. The summed E-state index contributed by atoms with van der Waals surface area (Å²) in [4.78, 5) is 22.7. The monoisotopic (exact) mass is 285 g/mol. The van der Waals surface area contributed by atoms with Crippen LogP contribution in [0, 0.1) is 0 Å². The molecule has 1 aromatic rings. The minimum absolute atomic E-state index is 0.0721. The number of nitrogens with two attached hydrogens (primary N) is 1. The van der Waals surface area contributed by atoms with Gasteiger partial charge in [0, 0.05) is 11.7 Å². The van der Waals surface area contributed by atoms with Crippen molar-refractivity contribution in [3.63, 3.8) is 0 Å². The molecule has 0 aliphatic heterocycles. The maximum atomic E-state index is 11.5. The molecule has 4 N–H and O–H groups in total. The molecule has 1 rings (SSSR count). The second kappa shape index (κ2) is 5.81. The number of hydrogen-bond acceptors (Lipinski definition) is 4. The molecule has 7 nitrogen and oxygen atoms in total. The minimum Gasteiger partial charge on any atom is -0.346 e. The number of amides is 2. The summed E-state index contributed by atoms with van der Waals surface area (Å²) in [5.41, 5.74) is 0.302. The first kappa shape index (κ1) is 15.1. The van der Waals surface area contributed by atoms with Gasteiger partial charge in [0.1, 0.15) is 0 Å². The Morgan fingerprint density at radius 2 is 1.63 bits per heavy atom. The molecule has 8 heteroatoms. The van der Waals surface area contributed by atoms with Crippen LogP contribution in [0.15, 0.2) is 29.2 Å². The van der Waals surface area contributed by atoms with Crippen LogP contribution in [0.1, 0.15) is 13.8 Å². The van der Waals surface area contributed by atoms with Crippen LogP contribution in [-0.4, -0.2) is 26.3 Å². The lowest BCUT2D eigenvalue weighted by Crippen LogP contribution is -2.39. The first-order valence-electron chi connectivity index (χ1n) is 5.45. The number of sulfonamides is 1. The highest BCUT2D eigenvalue weighted by atomic mass is 32.2. The van der Waals surface area contributed by atoms with Gasteiger partial charge >= 0.3 is 11.8 Å². The number of nitrogens with one attached hydrogen (secondary N) is 2. The van der Waals surface area contributed by atoms with Crippen LogP contribution in [0.4, 0.5) is 5.69 Å². The number of primary sulfonamides is 1. The van der Waals surface area contributed by atoms with Gasteiger partial charge in [-0.1, -0.05) is 0 Å². The number of benzene rings is 1. The first-order chi connectivity index (χ1) is 8.70. The van der Waals surface area contributed by atoms with Crippen LogP contribution in [0.25, 0.3) is 0 Å². The summed E-state index contributed by atoms with van der Waals surface area (Å²) in [5, 5.41) is 9.70. The van der Waals surface area contributed by atoms with Crippen LogP contribution in [0.5, 0.6) is 0 Å². The fourth-order valence-corrected chi connectivity index (χ4v) is 1.76. The second-order valence-electron chi connectivity index (χ2n) is 4.15. The Morgan fingerprint density at radius 1 is 1.11 bits per heavy atom. The van der Waals surface area contributed by atoms with Gasteiger partial charge in [0.05, 0.1) is 4.90 Å². The van der Waals surface area contributed by atoms with E-state index in [-0.39, 0.29) is 10.9 Å². The lowest BCUT2D eigenvalue weighted by molar-refractivity contribution is -0.136. The van der Waals surface area contributed by atoms with Gasteiger partial charge in [-0.2, -0.15) is 0 Å². The highest BCUT2D eigenvalue weighted by Gasteiger charge is 2.14. The maximum absolute atomic E-state index is 11.5. The molecule has 1 aromatic carbocycles. The van der Waals surface area contributed by atoms with E-state index in [2.05, 4.69) is 10.6 Å². The topological polar surface area (TPSA) is 118 Å². The Labute approximate surface area is 111 Å². The summed E-state index contributed by atoms with van der Waals surface area (Å²) in [6, 6.07) is 5.03. The zero-order valence-electron chi connectivity index (χ0n) is 10.5. The average Bonchev–Trinajstić information content (AvgIpc) is 2.27.